The van der Waals surface area contributed by atoms with Crippen molar-refractivity contribution in [3.8, 4) is 0 Å². The number of aromatic nitrogens is 5. The molecule has 1 aliphatic heterocycles. The van der Waals surface area contributed by atoms with Crippen LogP contribution in [0.4, 0.5) is 5.13 Å². The molecule has 0 unspecified atom stereocenters. The second-order valence-electron chi connectivity index (χ2n) is 8.09. The molecule has 1 saturated heterocycles. The third-order valence-electron chi connectivity index (χ3n) is 5.96. The molecule has 166 valence electrons. The van der Waals surface area contributed by atoms with Crippen LogP contribution in [0, 0.1) is 6.92 Å². The van der Waals surface area contributed by atoms with Gasteiger partial charge in [0.05, 0.1) is 16.5 Å². The van der Waals surface area contributed by atoms with Crippen LogP contribution in [0.15, 0.2) is 34.1 Å². The summed E-state index contributed by atoms with van der Waals surface area (Å²) < 4.78 is 5.04. The van der Waals surface area contributed by atoms with E-state index >= 15 is 0 Å². The summed E-state index contributed by atoms with van der Waals surface area (Å²) >= 11 is 1.67. The van der Waals surface area contributed by atoms with Crippen molar-refractivity contribution < 1.29 is 4.79 Å². The largest absolute Gasteiger partial charge is 0.345 e. The van der Waals surface area contributed by atoms with Crippen LogP contribution in [-0.2, 0) is 25.4 Å². The number of thiazole rings is 1. The Balaban J connectivity index is 1.31. The number of carbonyl (C=O) groups excluding carboxylic acids is 1. The Morgan fingerprint density at radius 3 is 2.59 bits per heavy atom. The van der Waals surface area contributed by atoms with Gasteiger partial charge in [-0.3, -0.25) is 18.7 Å². The fourth-order valence-corrected chi connectivity index (χ4v) is 5.18. The van der Waals surface area contributed by atoms with Crippen LogP contribution >= 0.6 is 11.3 Å². The van der Waals surface area contributed by atoms with E-state index in [1.54, 1.807) is 23.3 Å². The van der Waals surface area contributed by atoms with Gasteiger partial charge in [-0.25, -0.2) is 14.8 Å². The quantitative estimate of drug-likeness (QED) is 0.453. The van der Waals surface area contributed by atoms with Gasteiger partial charge in [0.2, 0.25) is 5.91 Å². The van der Waals surface area contributed by atoms with Crippen LogP contribution in [0.2, 0.25) is 0 Å². The second kappa shape index (κ2) is 7.59. The zero-order chi connectivity index (χ0) is 22.6. The van der Waals surface area contributed by atoms with Gasteiger partial charge in [-0.05, 0) is 24.6 Å². The highest BCUT2D eigenvalue weighted by Crippen LogP contribution is 2.30. The summed E-state index contributed by atoms with van der Waals surface area (Å²) in [6, 6.07) is 6.25. The van der Waals surface area contributed by atoms with Gasteiger partial charge in [0.15, 0.2) is 16.3 Å². The summed E-state index contributed by atoms with van der Waals surface area (Å²) in [6.07, 6.45) is 1.45. The molecule has 3 aromatic heterocycles. The Morgan fingerprint density at radius 1 is 1.09 bits per heavy atom. The van der Waals surface area contributed by atoms with Gasteiger partial charge in [-0.15, -0.1) is 0 Å². The normalized spacial score (nSPS) is 14.6. The van der Waals surface area contributed by atoms with Crippen LogP contribution in [-0.4, -0.2) is 60.7 Å². The van der Waals surface area contributed by atoms with E-state index in [9.17, 15) is 14.4 Å². The molecule has 5 rings (SSSR count). The van der Waals surface area contributed by atoms with Crippen molar-refractivity contribution in [1.29, 1.82) is 0 Å². The SMILES string of the molecule is Cc1ccc2nc(N3CCN(C(=O)Cn4cnc5c4c(=O)n(C)c(=O)n5C)CC3)sc2c1. The number of benzene rings is 1. The topological polar surface area (TPSA) is 98.3 Å². The average molecular weight is 454 g/mol. The van der Waals surface area contributed by atoms with Crippen molar-refractivity contribution in [1.82, 2.24) is 28.6 Å². The number of imidazole rings is 1. The lowest BCUT2D eigenvalue weighted by Crippen LogP contribution is -2.49. The highest BCUT2D eigenvalue weighted by atomic mass is 32.1. The molecule has 1 aliphatic rings. The number of hydrogen-bond acceptors (Lipinski definition) is 7. The minimum absolute atomic E-state index is 0.00432. The molecular formula is C21H23N7O3S. The standard InChI is InChI=1S/C21H23N7O3S/c1-13-4-5-14-15(10-13)32-20(23-14)27-8-6-26(7-9-27)16(29)11-28-12-22-18-17(28)19(30)25(3)21(31)24(18)2/h4-5,10,12H,6-9,11H2,1-3H3. The molecule has 1 amide bonds. The summed E-state index contributed by atoms with van der Waals surface area (Å²) in [4.78, 5) is 50.6. The molecular weight excluding hydrogens is 430 g/mol. The lowest BCUT2D eigenvalue weighted by Gasteiger charge is -2.34. The van der Waals surface area contributed by atoms with Crippen molar-refractivity contribution in [2.75, 3.05) is 31.1 Å². The van der Waals surface area contributed by atoms with E-state index in [-0.39, 0.29) is 23.6 Å². The molecule has 0 aliphatic carbocycles. The Kier molecular flexibility index (Phi) is 4.85. The first kappa shape index (κ1) is 20.4. The number of rotatable bonds is 3. The maximum absolute atomic E-state index is 12.9. The first-order valence-corrected chi connectivity index (χ1v) is 11.2. The van der Waals surface area contributed by atoms with E-state index in [0.717, 1.165) is 15.2 Å². The number of amides is 1. The Labute approximate surface area is 186 Å². The minimum atomic E-state index is -0.454. The maximum atomic E-state index is 12.9. The number of fused-ring (bicyclic) bond motifs is 2. The van der Waals surface area contributed by atoms with Gasteiger partial charge >= 0.3 is 5.69 Å². The van der Waals surface area contributed by atoms with Crippen LogP contribution in [0.5, 0.6) is 0 Å². The van der Waals surface area contributed by atoms with Gasteiger partial charge in [0.25, 0.3) is 5.56 Å². The number of nitrogens with zero attached hydrogens (tertiary/aromatic N) is 7. The smallest absolute Gasteiger partial charge is 0.332 e. The lowest BCUT2D eigenvalue weighted by molar-refractivity contribution is -0.132. The second-order valence-corrected chi connectivity index (χ2v) is 9.09. The van der Waals surface area contributed by atoms with Gasteiger partial charge < -0.3 is 14.4 Å². The predicted octanol–water partition coefficient (Wildman–Crippen LogP) is 0.701. The van der Waals surface area contributed by atoms with E-state index < -0.39 is 11.2 Å². The Morgan fingerprint density at radius 2 is 1.84 bits per heavy atom. The highest BCUT2D eigenvalue weighted by Gasteiger charge is 2.24. The Hall–Kier alpha value is -3.47. The molecule has 4 aromatic rings. The average Bonchev–Trinajstić information content (AvgIpc) is 3.40. The molecule has 0 radical (unpaired) electrons. The van der Waals surface area contributed by atoms with Gasteiger partial charge in [0.1, 0.15) is 6.54 Å². The summed E-state index contributed by atoms with van der Waals surface area (Å²) in [5, 5.41) is 0.975. The molecule has 0 spiro atoms. The zero-order valence-corrected chi connectivity index (χ0v) is 18.9. The molecule has 4 heterocycles. The van der Waals surface area contributed by atoms with Crippen molar-refractivity contribution in [2.24, 2.45) is 14.1 Å². The summed E-state index contributed by atoms with van der Waals surface area (Å²) in [5.41, 5.74) is 1.85. The molecule has 32 heavy (non-hydrogen) atoms. The third-order valence-corrected chi connectivity index (χ3v) is 7.04. The first-order chi connectivity index (χ1) is 15.3. The van der Waals surface area contributed by atoms with E-state index in [2.05, 4.69) is 28.9 Å². The molecule has 1 fully saturated rings. The number of carbonyl (C=O) groups is 1. The predicted molar refractivity (Wildman–Crippen MR) is 123 cm³/mol. The number of aryl methyl sites for hydroxylation is 2. The molecule has 11 heteroatoms. The fraction of sp³-hybridized carbons (Fsp3) is 0.381. The maximum Gasteiger partial charge on any atom is 0.332 e. The molecule has 0 bridgehead atoms. The van der Waals surface area contributed by atoms with Crippen molar-refractivity contribution in [3.05, 3.63) is 50.9 Å². The van der Waals surface area contributed by atoms with Crippen molar-refractivity contribution in [3.63, 3.8) is 0 Å². The van der Waals surface area contributed by atoms with Crippen molar-refractivity contribution in [2.45, 2.75) is 13.5 Å². The molecule has 0 N–H and O–H groups in total. The first-order valence-electron chi connectivity index (χ1n) is 10.3. The van der Waals surface area contributed by atoms with Crippen LogP contribution in [0.3, 0.4) is 0 Å². The van der Waals surface area contributed by atoms with Gasteiger partial charge in [-0.2, -0.15) is 0 Å². The molecule has 10 nitrogen and oxygen atoms in total. The fourth-order valence-electron chi connectivity index (χ4n) is 4.06. The summed E-state index contributed by atoms with van der Waals surface area (Å²) in [5.74, 6) is -0.0835. The summed E-state index contributed by atoms with van der Waals surface area (Å²) in [7, 11) is 2.98. The van der Waals surface area contributed by atoms with Gasteiger partial charge in [-0.1, -0.05) is 17.4 Å². The van der Waals surface area contributed by atoms with E-state index in [0.29, 0.717) is 26.2 Å². The molecule has 1 aromatic carbocycles. The van der Waals surface area contributed by atoms with E-state index in [1.807, 2.05) is 6.07 Å². The molecule has 0 atom stereocenters. The van der Waals surface area contributed by atoms with Crippen LogP contribution < -0.4 is 16.1 Å². The lowest BCUT2D eigenvalue weighted by atomic mass is 10.2. The van der Waals surface area contributed by atoms with E-state index in [4.69, 9.17) is 4.98 Å². The monoisotopic (exact) mass is 453 g/mol. The van der Waals surface area contributed by atoms with Gasteiger partial charge in [0, 0.05) is 40.3 Å². The van der Waals surface area contributed by atoms with Crippen LogP contribution in [0.1, 0.15) is 5.56 Å². The molecule has 0 saturated carbocycles. The van der Waals surface area contributed by atoms with Crippen LogP contribution in [0.25, 0.3) is 21.4 Å². The highest BCUT2D eigenvalue weighted by molar-refractivity contribution is 7.22. The number of hydrogen-bond donors (Lipinski definition) is 0. The Bertz CT molecular complexity index is 1470. The summed E-state index contributed by atoms with van der Waals surface area (Å²) in [6.45, 7) is 4.64. The third kappa shape index (κ3) is 3.29. The van der Waals surface area contributed by atoms with E-state index in [1.165, 1.54) is 32.8 Å². The number of piperazine rings is 1. The van der Waals surface area contributed by atoms with Crippen molar-refractivity contribution >= 4 is 43.8 Å². The minimum Gasteiger partial charge on any atom is -0.345 e. The number of anilines is 1. The zero-order valence-electron chi connectivity index (χ0n) is 18.1.